The zero-order valence-corrected chi connectivity index (χ0v) is 27.3. The van der Waals surface area contributed by atoms with E-state index in [0.717, 1.165) is 22.4 Å². The van der Waals surface area contributed by atoms with E-state index in [-0.39, 0.29) is 11.6 Å². The molecule has 0 aliphatic heterocycles. The standard InChI is InChI=1S/C18H15N3O2S.C18H17N3OS/c1-11-5-2-3-8-14(11)16(22)15-10-20-18(24-15)21-13-7-4-6-12(9-13)17(19)23;1-12-5-2-3-8-15(12)17(22)16-11-20-18(23-16)21-14-7-4-6-13(9-14)10-19/h2-10H,1H3,(H2,19,23)(H,20,21);2-9,11H,10,19H2,1H3,(H,20,21). The predicted molar refractivity (Wildman–Crippen MR) is 189 cm³/mol. The molecule has 0 spiro atoms. The van der Waals surface area contributed by atoms with Gasteiger partial charge in [-0.15, -0.1) is 0 Å². The molecule has 11 heteroatoms. The summed E-state index contributed by atoms with van der Waals surface area (Å²) in [5.74, 6) is -0.540. The number of carbonyl (C=O) groups excluding carboxylic acids is 3. The van der Waals surface area contributed by atoms with Crippen molar-refractivity contribution in [2.45, 2.75) is 20.4 Å². The van der Waals surface area contributed by atoms with Gasteiger partial charge >= 0.3 is 0 Å². The molecule has 0 aliphatic rings. The van der Waals surface area contributed by atoms with Crippen LogP contribution in [0.25, 0.3) is 0 Å². The van der Waals surface area contributed by atoms with E-state index in [1.165, 1.54) is 22.7 Å². The van der Waals surface area contributed by atoms with Gasteiger partial charge in [0, 0.05) is 34.6 Å². The van der Waals surface area contributed by atoms with Crippen LogP contribution in [0.4, 0.5) is 21.6 Å². The molecule has 0 unspecified atom stereocenters. The van der Waals surface area contributed by atoms with E-state index in [0.29, 0.717) is 48.9 Å². The number of aromatic nitrogens is 2. The highest BCUT2D eigenvalue weighted by atomic mass is 32.1. The number of amides is 1. The monoisotopic (exact) mass is 660 g/mol. The molecule has 236 valence electrons. The maximum atomic E-state index is 12.6. The Hall–Kier alpha value is -5.49. The number of hydrogen-bond acceptors (Lipinski definition) is 10. The molecule has 6 rings (SSSR count). The van der Waals surface area contributed by atoms with Gasteiger partial charge in [0.05, 0.1) is 22.1 Å². The molecule has 2 aromatic heterocycles. The molecule has 9 nitrogen and oxygen atoms in total. The van der Waals surface area contributed by atoms with E-state index in [1.54, 1.807) is 42.7 Å². The van der Waals surface area contributed by atoms with Crippen molar-refractivity contribution in [3.8, 4) is 0 Å². The summed E-state index contributed by atoms with van der Waals surface area (Å²) in [5, 5.41) is 7.58. The zero-order valence-electron chi connectivity index (χ0n) is 25.7. The van der Waals surface area contributed by atoms with Crippen LogP contribution in [-0.2, 0) is 6.54 Å². The van der Waals surface area contributed by atoms with Gasteiger partial charge in [-0.2, -0.15) is 0 Å². The Morgan fingerprint density at radius 1 is 0.660 bits per heavy atom. The fraction of sp³-hybridized carbons (Fsp3) is 0.0833. The van der Waals surface area contributed by atoms with Crippen LogP contribution in [0.2, 0.25) is 0 Å². The smallest absolute Gasteiger partial charge is 0.248 e. The Kier molecular flexibility index (Phi) is 10.6. The third kappa shape index (κ3) is 8.41. The molecule has 0 atom stereocenters. The van der Waals surface area contributed by atoms with Crippen LogP contribution >= 0.6 is 22.7 Å². The first-order chi connectivity index (χ1) is 22.7. The molecule has 47 heavy (non-hydrogen) atoms. The van der Waals surface area contributed by atoms with Crippen molar-refractivity contribution in [1.82, 2.24) is 9.97 Å². The van der Waals surface area contributed by atoms with Gasteiger partial charge in [0.25, 0.3) is 0 Å². The van der Waals surface area contributed by atoms with E-state index in [2.05, 4.69) is 20.6 Å². The van der Waals surface area contributed by atoms with Crippen LogP contribution < -0.4 is 22.1 Å². The number of rotatable bonds is 10. The summed E-state index contributed by atoms with van der Waals surface area (Å²) < 4.78 is 0. The molecule has 0 fully saturated rings. The average Bonchev–Trinajstić information content (AvgIpc) is 3.75. The predicted octanol–water partition coefficient (Wildman–Crippen LogP) is 7.41. The van der Waals surface area contributed by atoms with Crippen LogP contribution in [0.3, 0.4) is 0 Å². The number of hydrogen-bond donors (Lipinski definition) is 4. The zero-order chi connectivity index (χ0) is 33.3. The number of thiazole rings is 2. The number of anilines is 4. The largest absolute Gasteiger partial charge is 0.366 e. The Balaban J connectivity index is 0.000000185. The quantitative estimate of drug-likeness (QED) is 0.111. The van der Waals surface area contributed by atoms with Gasteiger partial charge in [-0.25, -0.2) is 9.97 Å². The number of aryl methyl sites for hydroxylation is 2. The molecule has 0 radical (unpaired) electrons. The molecular weight excluding hydrogens is 629 g/mol. The Labute approximate surface area is 280 Å². The Morgan fingerprint density at radius 2 is 1.15 bits per heavy atom. The third-order valence-corrected chi connectivity index (χ3v) is 8.87. The van der Waals surface area contributed by atoms with Gasteiger partial charge in [0.2, 0.25) is 17.5 Å². The highest BCUT2D eigenvalue weighted by Gasteiger charge is 2.16. The van der Waals surface area contributed by atoms with Gasteiger partial charge in [-0.1, -0.05) is 89.4 Å². The lowest BCUT2D eigenvalue weighted by molar-refractivity contribution is 0.0997. The second-order valence-corrected chi connectivity index (χ2v) is 12.5. The van der Waals surface area contributed by atoms with Crippen LogP contribution in [0, 0.1) is 13.8 Å². The molecule has 6 N–H and O–H groups in total. The lowest BCUT2D eigenvalue weighted by Crippen LogP contribution is -2.10. The minimum Gasteiger partial charge on any atom is -0.366 e. The van der Waals surface area contributed by atoms with Crippen molar-refractivity contribution in [3.63, 3.8) is 0 Å². The van der Waals surface area contributed by atoms with Crippen LogP contribution in [0.1, 0.15) is 57.5 Å². The van der Waals surface area contributed by atoms with Crippen molar-refractivity contribution in [2.75, 3.05) is 10.6 Å². The maximum absolute atomic E-state index is 12.6. The molecule has 1 amide bonds. The van der Waals surface area contributed by atoms with E-state index >= 15 is 0 Å². The molecule has 0 saturated heterocycles. The van der Waals surface area contributed by atoms with Gasteiger partial charge in [0.15, 0.2) is 10.3 Å². The number of carbonyl (C=O) groups is 3. The minimum atomic E-state index is -0.492. The summed E-state index contributed by atoms with van der Waals surface area (Å²) in [7, 11) is 0. The second-order valence-electron chi connectivity index (χ2n) is 10.4. The number of nitrogens with zero attached hydrogens (tertiary/aromatic N) is 2. The third-order valence-electron chi connectivity index (χ3n) is 7.05. The van der Waals surface area contributed by atoms with Gasteiger partial charge in [0.1, 0.15) is 0 Å². The van der Waals surface area contributed by atoms with Gasteiger partial charge in [-0.3, -0.25) is 14.4 Å². The van der Waals surface area contributed by atoms with E-state index < -0.39 is 5.91 Å². The van der Waals surface area contributed by atoms with E-state index in [9.17, 15) is 14.4 Å². The Bertz CT molecular complexity index is 2050. The van der Waals surface area contributed by atoms with Crippen LogP contribution in [-0.4, -0.2) is 27.4 Å². The number of nitrogens with one attached hydrogen (secondary N) is 2. The minimum absolute atomic E-state index is 0.00404. The second kappa shape index (κ2) is 15.2. The highest BCUT2D eigenvalue weighted by molar-refractivity contribution is 7.18. The summed E-state index contributed by atoms with van der Waals surface area (Å²) in [4.78, 5) is 46.0. The number of nitrogens with two attached hydrogens (primary N) is 2. The van der Waals surface area contributed by atoms with E-state index in [1.807, 2.05) is 80.6 Å². The number of ketones is 2. The average molecular weight is 661 g/mol. The summed E-state index contributed by atoms with van der Waals surface area (Å²) >= 11 is 2.62. The molecule has 0 bridgehead atoms. The normalized spacial score (nSPS) is 10.4. The summed E-state index contributed by atoms with van der Waals surface area (Å²) in [6.45, 7) is 4.33. The topological polar surface area (TPSA) is 153 Å². The maximum Gasteiger partial charge on any atom is 0.248 e. The molecule has 4 aromatic carbocycles. The fourth-order valence-corrected chi connectivity index (χ4v) is 6.15. The molecule has 0 saturated carbocycles. The SMILES string of the molecule is Cc1ccccc1C(=O)c1cnc(Nc2cccc(C(N)=O)c2)s1.Cc1ccccc1C(=O)c1cnc(Nc2cccc(CN)c2)s1. The van der Waals surface area contributed by atoms with Crippen molar-refractivity contribution in [3.05, 3.63) is 153 Å². The first-order valence-corrected chi connectivity index (χ1v) is 16.2. The molecule has 6 aromatic rings. The summed E-state index contributed by atoms with van der Waals surface area (Å²) in [6.07, 6.45) is 3.17. The van der Waals surface area contributed by atoms with Crippen LogP contribution in [0.5, 0.6) is 0 Å². The van der Waals surface area contributed by atoms with E-state index in [4.69, 9.17) is 11.5 Å². The lowest BCUT2D eigenvalue weighted by atomic mass is 10.0. The summed E-state index contributed by atoms with van der Waals surface area (Å²) in [5.41, 5.74) is 17.3. The van der Waals surface area contributed by atoms with Crippen molar-refractivity contribution < 1.29 is 14.4 Å². The van der Waals surface area contributed by atoms with Crippen molar-refractivity contribution in [2.24, 2.45) is 11.5 Å². The molecule has 2 heterocycles. The summed E-state index contributed by atoms with van der Waals surface area (Å²) in [6, 6.07) is 29.7. The molecular formula is C36H32N6O3S2. The first-order valence-electron chi connectivity index (χ1n) is 14.6. The number of primary amides is 1. The fourth-order valence-electron chi connectivity index (χ4n) is 4.57. The Morgan fingerprint density at radius 3 is 1.64 bits per heavy atom. The van der Waals surface area contributed by atoms with Gasteiger partial charge < -0.3 is 22.1 Å². The highest BCUT2D eigenvalue weighted by Crippen LogP contribution is 2.27. The van der Waals surface area contributed by atoms with Crippen molar-refractivity contribution >= 4 is 61.8 Å². The molecule has 0 aliphatic carbocycles. The van der Waals surface area contributed by atoms with Crippen LogP contribution in [0.15, 0.2) is 109 Å². The van der Waals surface area contributed by atoms with Crippen molar-refractivity contribution in [1.29, 1.82) is 0 Å². The van der Waals surface area contributed by atoms with Gasteiger partial charge in [-0.05, 0) is 60.9 Å². The first kappa shape index (κ1) is 32.9. The number of benzene rings is 4. The lowest BCUT2D eigenvalue weighted by Gasteiger charge is -2.04.